The van der Waals surface area contributed by atoms with E-state index in [1.54, 1.807) is 7.05 Å². The normalized spacial score (nSPS) is 15.8. The van der Waals surface area contributed by atoms with E-state index in [2.05, 4.69) is 73.7 Å². The van der Waals surface area contributed by atoms with Crippen LogP contribution < -0.4 is 15.4 Å². The summed E-state index contributed by atoms with van der Waals surface area (Å²) in [5.74, 6) is 1.77. The third kappa shape index (κ3) is 5.62. The van der Waals surface area contributed by atoms with Gasteiger partial charge in [-0.25, -0.2) is 0 Å². The Kier molecular flexibility index (Phi) is 5.69. The SMILES string of the molecule is CN=C(NCc1ccc(C)cc1OC(C)(C)C)NC1CC=CC1. The maximum absolute atomic E-state index is 6.10. The van der Waals surface area contributed by atoms with Gasteiger partial charge in [0.05, 0.1) is 0 Å². The van der Waals surface area contributed by atoms with Gasteiger partial charge in [-0.3, -0.25) is 4.99 Å². The van der Waals surface area contributed by atoms with Crippen molar-refractivity contribution in [1.29, 1.82) is 0 Å². The third-order valence-electron chi connectivity index (χ3n) is 3.66. The standard InChI is InChI=1S/C19H29N3O/c1-14-10-11-15(17(12-14)23-19(2,3)4)13-21-18(20-5)22-16-8-6-7-9-16/h6-7,10-12,16H,8-9,13H2,1-5H3,(H2,20,21,22). The van der Waals surface area contributed by atoms with E-state index >= 15 is 0 Å². The minimum atomic E-state index is -0.210. The summed E-state index contributed by atoms with van der Waals surface area (Å²) in [7, 11) is 1.80. The van der Waals surface area contributed by atoms with Gasteiger partial charge in [-0.1, -0.05) is 24.3 Å². The van der Waals surface area contributed by atoms with Crippen molar-refractivity contribution in [3.8, 4) is 5.75 Å². The van der Waals surface area contributed by atoms with E-state index in [9.17, 15) is 0 Å². The molecule has 0 fully saturated rings. The summed E-state index contributed by atoms with van der Waals surface area (Å²) in [5.41, 5.74) is 2.13. The van der Waals surface area contributed by atoms with E-state index in [1.165, 1.54) is 5.56 Å². The molecule has 0 saturated heterocycles. The van der Waals surface area contributed by atoms with Crippen LogP contribution in [0.5, 0.6) is 5.75 Å². The van der Waals surface area contributed by atoms with E-state index in [1.807, 2.05) is 0 Å². The molecule has 1 aliphatic rings. The lowest BCUT2D eigenvalue weighted by Gasteiger charge is -2.24. The van der Waals surface area contributed by atoms with Crippen LogP contribution in [0, 0.1) is 6.92 Å². The maximum atomic E-state index is 6.10. The minimum absolute atomic E-state index is 0.210. The van der Waals surface area contributed by atoms with Gasteiger partial charge in [0.15, 0.2) is 5.96 Å². The average Bonchev–Trinajstić information content (AvgIpc) is 2.96. The molecule has 0 saturated carbocycles. The van der Waals surface area contributed by atoms with Crippen molar-refractivity contribution in [2.45, 2.75) is 58.7 Å². The van der Waals surface area contributed by atoms with Crippen LogP contribution in [0.2, 0.25) is 0 Å². The van der Waals surface area contributed by atoms with E-state index in [-0.39, 0.29) is 5.60 Å². The van der Waals surface area contributed by atoms with Gasteiger partial charge in [0, 0.05) is 25.2 Å². The third-order valence-corrected chi connectivity index (χ3v) is 3.66. The molecule has 1 aromatic carbocycles. The van der Waals surface area contributed by atoms with Gasteiger partial charge in [-0.2, -0.15) is 0 Å². The number of guanidine groups is 1. The highest BCUT2D eigenvalue weighted by molar-refractivity contribution is 5.80. The zero-order chi connectivity index (χ0) is 16.9. The van der Waals surface area contributed by atoms with Crippen molar-refractivity contribution in [1.82, 2.24) is 10.6 Å². The summed E-state index contributed by atoms with van der Waals surface area (Å²) in [6, 6.07) is 6.78. The number of hydrogen-bond acceptors (Lipinski definition) is 2. The summed E-state index contributed by atoms with van der Waals surface area (Å²) in [5, 5.41) is 6.84. The average molecular weight is 315 g/mol. The Hall–Kier alpha value is -1.97. The number of hydrogen-bond donors (Lipinski definition) is 2. The fraction of sp³-hybridized carbons (Fsp3) is 0.526. The van der Waals surface area contributed by atoms with Crippen molar-refractivity contribution in [3.05, 3.63) is 41.5 Å². The van der Waals surface area contributed by atoms with Gasteiger partial charge in [0.25, 0.3) is 0 Å². The van der Waals surface area contributed by atoms with E-state index in [0.717, 1.165) is 30.1 Å². The van der Waals surface area contributed by atoms with Crippen LogP contribution in [0.4, 0.5) is 0 Å². The first-order chi connectivity index (χ1) is 10.9. The summed E-state index contributed by atoms with van der Waals surface area (Å²) < 4.78 is 6.10. The van der Waals surface area contributed by atoms with E-state index < -0.39 is 0 Å². The fourth-order valence-electron chi connectivity index (χ4n) is 2.53. The van der Waals surface area contributed by atoms with Crippen molar-refractivity contribution in [2.24, 2.45) is 4.99 Å². The Morgan fingerprint density at radius 2 is 1.96 bits per heavy atom. The second kappa shape index (κ2) is 7.53. The predicted molar refractivity (Wildman–Crippen MR) is 97.1 cm³/mol. The molecule has 0 aliphatic heterocycles. The first-order valence-corrected chi connectivity index (χ1v) is 8.28. The van der Waals surface area contributed by atoms with Crippen LogP contribution in [-0.4, -0.2) is 24.7 Å². The van der Waals surface area contributed by atoms with Crippen molar-refractivity contribution < 1.29 is 4.74 Å². The molecule has 0 heterocycles. The molecule has 2 N–H and O–H groups in total. The Balaban J connectivity index is 2.01. The number of aliphatic imine (C=N–C) groups is 1. The van der Waals surface area contributed by atoms with Crippen molar-refractivity contribution in [3.63, 3.8) is 0 Å². The highest BCUT2D eigenvalue weighted by atomic mass is 16.5. The molecular formula is C19H29N3O. The van der Waals surface area contributed by atoms with Gasteiger partial charge >= 0.3 is 0 Å². The Labute approximate surface area is 140 Å². The number of nitrogens with zero attached hydrogens (tertiary/aromatic N) is 1. The first-order valence-electron chi connectivity index (χ1n) is 8.28. The van der Waals surface area contributed by atoms with E-state index in [4.69, 9.17) is 4.74 Å². The molecule has 0 atom stereocenters. The van der Waals surface area contributed by atoms with Gasteiger partial charge < -0.3 is 15.4 Å². The molecule has 4 heteroatoms. The molecule has 1 aromatic rings. The summed E-state index contributed by atoms with van der Waals surface area (Å²) in [4.78, 5) is 4.31. The quantitative estimate of drug-likeness (QED) is 0.507. The van der Waals surface area contributed by atoms with Gasteiger partial charge in [-0.05, 0) is 52.2 Å². The topological polar surface area (TPSA) is 45.7 Å². The minimum Gasteiger partial charge on any atom is -0.488 e. The molecule has 0 radical (unpaired) electrons. The maximum Gasteiger partial charge on any atom is 0.191 e. The smallest absolute Gasteiger partial charge is 0.191 e. The van der Waals surface area contributed by atoms with Crippen LogP contribution in [0.15, 0.2) is 35.3 Å². The predicted octanol–water partition coefficient (Wildman–Crippen LogP) is 3.56. The summed E-state index contributed by atoms with van der Waals surface area (Å²) >= 11 is 0. The number of nitrogens with one attached hydrogen (secondary N) is 2. The summed E-state index contributed by atoms with van der Waals surface area (Å²) in [6.45, 7) is 8.98. The van der Waals surface area contributed by atoms with Crippen LogP contribution >= 0.6 is 0 Å². The highest BCUT2D eigenvalue weighted by Gasteiger charge is 2.16. The molecule has 0 bridgehead atoms. The molecule has 126 valence electrons. The lowest BCUT2D eigenvalue weighted by molar-refractivity contribution is 0.129. The Bertz CT molecular complexity index is 577. The highest BCUT2D eigenvalue weighted by Crippen LogP contribution is 2.24. The molecule has 4 nitrogen and oxygen atoms in total. The molecule has 0 unspecified atom stereocenters. The Morgan fingerprint density at radius 3 is 2.57 bits per heavy atom. The second-order valence-electron chi connectivity index (χ2n) is 7.04. The number of rotatable bonds is 4. The largest absolute Gasteiger partial charge is 0.488 e. The van der Waals surface area contributed by atoms with Crippen molar-refractivity contribution in [2.75, 3.05) is 7.05 Å². The number of ether oxygens (including phenoxy) is 1. The molecule has 23 heavy (non-hydrogen) atoms. The first kappa shape index (κ1) is 17.4. The lowest BCUT2D eigenvalue weighted by Crippen LogP contribution is -2.42. The molecule has 0 aromatic heterocycles. The lowest BCUT2D eigenvalue weighted by atomic mass is 10.1. The Morgan fingerprint density at radius 1 is 1.26 bits per heavy atom. The van der Waals surface area contributed by atoms with Gasteiger partial charge in [0.2, 0.25) is 0 Å². The zero-order valence-electron chi connectivity index (χ0n) is 14.9. The van der Waals surface area contributed by atoms with Gasteiger partial charge in [-0.15, -0.1) is 0 Å². The molecule has 0 spiro atoms. The van der Waals surface area contributed by atoms with E-state index in [0.29, 0.717) is 12.6 Å². The van der Waals surface area contributed by atoms with Gasteiger partial charge in [0.1, 0.15) is 11.4 Å². The molecule has 2 rings (SSSR count). The monoisotopic (exact) mass is 315 g/mol. The van der Waals surface area contributed by atoms with Crippen molar-refractivity contribution >= 4 is 5.96 Å². The molecule has 1 aliphatic carbocycles. The molecular weight excluding hydrogens is 286 g/mol. The second-order valence-corrected chi connectivity index (χ2v) is 7.04. The van der Waals surface area contributed by atoms with Crippen LogP contribution in [-0.2, 0) is 6.54 Å². The molecule has 0 amide bonds. The number of aryl methyl sites for hydroxylation is 1. The zero-order valence-corrected chi connectivity index (χ0v) is 14.9. The summed E-state index contributed by atoms with van der Waals surface area (Å²) in [6.07, 6.45) is 6.54. The number of benzene rings is 1. The van der Waals surface area contributed by atoms with Crippen LogP contribution in [0.1, 0.15) is 44.7 Å². The fourth-order valence-corrected chi connectivity index (χ4v) is 2.53. The van der Waals surface area contributed by atoms with Crippen LogP contribution in [0.25, 0.3) is 0 Å². The van der Waals surface area contributed by atoms with Crippen LogP contribution in [0.3, 0.4) is 0 Å².